The van der Waals surface area contributed by atoms with E-state index in [1.54, 1.807) is 54.6 Å². The number of nitrogens with one attached hydrogen (secondary N) is 2. The van der Waals surface area contributed by atoms with E-state index >= 15 is 0 Å². The molecular formula is C38H42N2O12S. The quantitative estimate of drug-likeness (QED) is 0.176. The molecule has 0 aliphatic carbocycles. The lowest BCUT2D eigenvalue weighted by Crippen LogP contribution is -2.68. The van der Waals surface area contributed by atoms with E-state index in [-0.39, 0.29) is 12.0 Å². The third-order valence-corrected chi connectivity index (χ3v) is 9.15. The molecule has 0 aromatic heterocycles. The number of ether oxygens (including phenoxy) is 6. The summed E-state index contributed by atoms with van der Waals surface area (Å²) >= 11 is 0.958. The summed E-state index contributed by atoms with van der Waals surface area (Å²) in [6, 6.07) is 21.2. The van der Waals surface area contributed by atoms with Gasteiger partial charge in [0, 0.05) is 44.6 Å². The van der Waals surface area contributed by atoms with Gasteiger partial charge in [0.15, 0.2) is 12.2 Å². The Bertz CT molecular complexity index is 1790. The lowest BCUT2D eigenvalue weighted by molar-refractivity contribution is -0.220. The Morgan fingerprint density at radius 2 is 1.51 bits per heavy atom. The summed E-state index contributed by atoms with van der Waals surface area (Å²) in [5.41, 5.74) is 1.15. The molecule has 1 aliphatic heterocycles. The molecule has 1 aliphatic rings. The van der Waals surface area contributed by atoms with Crippen LogP contribution in [-0.4, -0.2) is 84.7 Å². The number of rotatable bonds is 14. The third-order valence-electron chi connectivity index (χ3n) is 7.89. The van der Waals surface area contributed by atoms with Gasteiger partial charge in [0.1, 0.15) is 23.7 Å². The van der Waals surface area contributed by atoms with Gasteiger partial charge in [-0.2, -0.15) is 0 Å². The molecule has 3 aromatic carbocycles. The highest BCUT2D eigenvalue weighted by Gasteiger charge is 2.58. The summed E-state index contributed by atoms with van der Waals surface area (Å²) in [5, 5.41) is 5.40. The predicted molar refractivity (Wildman–Crippen MR) is 191 cm³/mol. The first-order valence-electron chi connectivity index (χ1n) is 16.6. The molecule has 15 heteroatoms. The topological polar surface area (TPSA) is 182 Å². The fourth-order valence-electron chi connectivity index (χ4n) is 5.75. The van der Waals surface area contributed by atoms with E-state index < -0.39 is 77.6 Å². The van der Waals surface area contributed by atoms with Crippen molar-refractivity contribution in [2.75, 3.05) is 13.7 Å². The van der Waals surface area contributed by atoms with Gasteiger partial charge in [0.2, 0.25) is 10.8 Å². The molecule has 0 saturated carbocycles. The van der Waals surface area contributed by atoms with Gasteiger partial charge >= 0.3 is 23.9 Å². The second-order valence-corrected chi connectivity index (χ2v) is 13.5. The second-order valence-electron chi connectivity index (χ2n) is 12.2. The average molecular weight is 751 g/mol. The van der Waals surface area contributed by atoms with Gasteiger partial charge in [-0.1, -0.05) is 53.7 Å². The Labute approximate surface area is 311 Å². The lowest BCUT2D eigenvalue weighted by Gasteiger charge is -2.48. The van der Waals surface area contributed by atoms with Gasteiger partial charge in [-0.15, -0.1) is 0 Å². The first-order valence-corrected chi connectivity index (χ1v) is 17.4. The average Bonchev–Trinajstić information content (AvgIpc) is 3.10. The first-order chi connectivity index (χ1) is 25.2. The van der Waals surface area contributed by atoms with Crippen LogP contribution in [0.25, 0.3) is 0 Å². The van der Waals surface area contributed by atoms with E-state index in [1.165, 1.54) is 13.0 Å². The Balaban J connectivity index is 1.75. The molecule has 4 rings (SSSR count). The molecule has 1 fully saturated rings. The minimum Gasteiger partial charge on any atom is -0.466 e. The van der Waals surface area contributed by atoms with Crippen LogP contribution in [0, 0.1) is 6.92 Å². The van der Waals surface area contributed by atoms with Gasteiger partial charge in [-0.3, -0.25) is 24.0 Å². The van der Waals surface area contributed by atoms with Crippen molar-refractivity contribution in [2.24, 2.45) is 0 Å². The Hall–Kier alpha value is -5.41. The van der Waals surface area contributed by atoms with Crippen LogP contribution in [-0.2, 0) is 47.7 Å². The number of hydrogen-bond donors (Lipinski definition) is 2. The molecule has 0 unspecified atom stereocenters. The molecule has 0 radical (unpaired) electrons. The van der Waals surface area contributed by atoms with E-state index in [0.717, 1.165) is 45.2 Å². The number of thioether (sulfide) groups is 1. The highest BCUT2D eigenvalue weighted by Crippen LogP contribution is 2.46. The number of para-hydroxylation sites is 1. The van der Waals surface area contributed by atoms with Crippen molar-refractivity contribution >= 4 is 47.5 Å². The van der Waals surface area contributed by atoms with Gasteiger partial charge in [-0.25, -0.2) is 4.79 Å². The molecule has 6 atom stereocenters. The van der Waals surface area contributed by atoms with Crippen molar-refractivity contribution in [1.29, 1.82) is 0 Å². The maximum absolute atomic E-state index is 13.7. The molecular weight excluding hydrogens is 708 g/mol. The van der Waals surface area contributed by atoms with Gasteiger partial charge in [-0.05, 0) is 49.4 Å². The molecule has 1 heterocycles. The van der Waals surface area contributed by atoms with Crippen LogP contribution >= 0.6 is 11.8 Å². The molecule has 53 heavy (non-hydrogen) atoms. The number of carbonyl (C=O) groups is 6. The van der Waals surface area contributed by atoms with Crippen LogP contribution in [0.3, 0.4) is 0 Å². The van der Waals surface area contributed by atoms with Crippen molar-refractivity contribution in [3.8, 4) is 11.5 Å². The Morgan fingerprint density at radius 1 is 0.849 bits per heavy atom. The number of hydrogen-bond acceptors (Lipinski definition) is 13. The molecule has 282 valence electrons. The number of carbonyl (C=O) groups excluding carboxylic acids is 6. The molecule has 0 spiro atoms. The highest BCUT2D eigenvalue weighted by molar-refractivity contribution is 8.01. The van der Waals surface area contributed by atoms with Crippen molar-refractivity contribution in [3.05, 3.63) is 90.0 Å². The van der Waals surface area contributed by atoms with E-state index in [2.05, 4.69) is 10.6 Å². The Kier molecular flexibility index (Phi) is 14.0. The van der Waals surface area contributed by atoms with Crippen molar-refractivity contribution in [2.45, 2.75) is 81.3 Å². The van der Waals surface area contributed by atoms with Crippen molar-refractivity contribution in [1.82, 2.24) is 10.6 Å². The maximum atomic E-state index is 13.7. The third kappa shape index (κ3) is 11.3. The van der Waals surface area contributed by atoms with Crippen LogP contribution in [0.15, 0.2) is 83.8 Å². The predicted octanol–water partition coefficient (Wildman–Crippen LogP) is 4.27. The standard InChI is InChI=1S/C38H42N2O12S/c1-22-15-17-30(18-16-22)53-38(37(46)47-6)20-31(48-24(3)42)33(40-23(2)41)35(52-38)34(50-26(5)44)32(49-25(4)43)21-39-36(45)27-11-10-14-29(19-27)51-28-12-8-7-9-13-28/h7-19,31-35H,20-21H2,1-6H3,(H,39,45)(H,40,41)/t31-,32+,33+,34+,35+,38-/m0/s1. The number of benzene rings is 3. The molecule has 0 bridgehead atoms. The zero-order valence-electron chi connectivity index (χ0n) is 30.1. The van der Waals surface area contributed by atoms with Crippen LogP contribution in [0.2, 0.25) is 0 Å². The minimum absolute atomic E-state index is 0.197. The fourth-order valence-corrected chi connectivity index (χ4v) is 6.98. The number of esters is 4. The molecule has 2 N–H and O–H groups in total. The molecule has 1 saturated heterocycles. The summed E-state index contributed by atoms with van der Waals surface area (Å²) in [5.74, 6) is -3.50. The fraction of sp³-hybridized carbons (Fsp3) is 0.368. The smallest absolute Gasteiger partial charge is 0.349 e. The maximum Gasteiger partial charge on any atom is 0.349 e. The monoisotopic (exact) mass is 750 g/mol. The normalized spacial score (nSPS) is 20.5. The van der Waals surface area contributed by atoms with E-state index in [4.69, 9.17) is 28.4 Å². The van der Waals surface area contributed by atoms with Crippen LogP contribution in [0.4, 0.5) is 0 Å². The van der Waals surface area contributed by atoms with Crippen LogP contribution in [0.1, 0.15) is 50.0 Å². The molecule has 14 nitrogen and oxygen atoms in total. The largest absolute Gasteiger partial charge is 0.466 e. The minimum atomic E-state index is -1.94. The van der Waals surface area contributed by atoms with E-state index in [9.17, 15) is 28.8 Å². The van der Waals surface area contributed by atoms with Crippen molar-refractivity contribution < 1.29 is 57.2 Å². The summed E-state index contributed by atoms with van der Waals surface area (Å²) in [6.45, 7) is 6.04. The zero-order valence-corrected chi connectivity index (χ0v) is 30.9. The summed E-state index contributed by atoms with van der Waals surface area (Å²) in [7, 11) is 1.15. The number of methoxy groups -OCH3 is 1. The molecule has 2 amide bonds. The van der Waals surface area contributed by atoms with Crippen LogP contribution < -0.4 is 15.4 Å². The van der Waals surface area contributed by atoms with Gasteiger partial charge in [0.25, 0.3) is 5.91 Å². The highest BCUT2D eigenvalue weighted by atomic mass is 32.2. The lowest BCUT2D eigenvalue weighted by atomic mass is 9.89. The van der Waals surface area contributed by atoms with E-state index in [1.807, 2.05) is 25.1 Å². The van der Waals surface area contributed by atoms with E-state index in [0.29, 0.717) is 16.4 Å². The summed E-state index contributed by atoms with van der Waals surface area (Å²) in [4.78, 5) is 76.1. The van der Waals surface area contributed by atoms with Gasteiger partial charge < -0.3 is 39.1 Å². The zero-order chi connectivity index (χ0) is 38.7. The first kappa shape index (κ1) is 40.4. The Morgan fingerprint density at radius 3 is 2.11 bits per heavy atom. The number of aryl methyl sites for hydroxylation is 1. The number of amides is 2. The SMILES string of the molecule is COC(=O)[C@@]1(Sc2ccc(C)cc2)C[C@H](OC(C)=O)[C@@H](NC(C)=O)[C@H]([C@H](OC(C)=O)[C@@H](CNC(=O)c2cccc(Oc3ccccc3)c2)OC(C)=O)O1. The molecule has 3 aromatic rings. The summed E-state index contributed by atoms with van der Waals surface area (Å²) < 4.78 is 34.7. The van der Waals surface area contributed by atoms with Crippen molar-refractivity contribution in [3.63, 3.8) is 0 Å². The van der Waals surface area contributed by atoms with Crippen LogP contribution in [0.5, 0.6) is 11.5 Å². The second kappa shape index (κ2) is 18.4. The summed E-state index contributed by atoms with van der Waals surface area (Å²) in [6.07, 6.45) is -6.13. The van der Waals surface area contributed by atoms with Gasteiger partial charge in [0.05, 0.1) is 19.7 Å².